The molecule has 1 unspecified atom stereocenters. The molecule has 1 atom stereocenters. The fourth-order valence-corrected chi connectivity index (χ4v) is 4.42. The predicted molar refractivity (Wildman–Crippen MR) is 124 cm³/mol. The van der Waals surface area contributed by atoms with Crippen molar-refractivity contribution >= 4 is 41.0 Å². The maximum atomic E-state index is 12.8. The van der Waals surface area contributed by atoms with Crippen molar-refractivity contribution in [2.45, 2.75) is 24.5 Å². The molecule has 1 aliphatic heterocycles. The third kappa shape index (κ3) is 5.26. The number of thioether (sulfide) groups is 1. The number of anilines is 2. The average Bonchev–Trinajstić information content (AvgIpc) is 3.27. The molecule has 162 valence electrons. The number of hydrogen-bond acceptors (Lipinski definition) is 8. The second-order valence-corrected chi connectivity index (χ2v) is 8.60. The van der Waals surface area contributed by atoms with Crippen LogP contribution in [-0.2, 0) is 6.61 Å². The zero-order valence-electron chi connectivity index (χ0n) is 17.4. The number of nitrogens with one attached hydrogen (secondary N) is 1. The number of carbonyl (C=O) groups is 1. The van der Waals surface area contributed by atoms with E-state index in [-0.39, 0.29) is 12.1 Å². The summed E-state index contributed by atoms with van der Waals surface area (Å²) < 4.78 is 14.7. The monoisotopic (exact) mass is 456 g/mol. The zero-order chi connectivity index (χ0) is 21.6. The number of pyridine rings is 1. The minimum Gasteiger partial charge on any atom is -0.470 e. The number of carbonyl (C=O) groups excluding carboxylic acids is 1. The van der Waals surface area contributed by atoms with E-state index in [2.05, 4.69) is 23.9 Å². The first-order valence-corrected chi connectivity index (χ1v) is 11.9. The molecule has 0 saturated carbocycles. The number of rotatable bonds is 6. The van der Waals surface area contributed by atoms with Gasteiger partial charge in [0, 0.05) is 48.7 Å². The van der Waals surface area contributed by atoms with Gasteiger partial charge in [-0.2, -0.15) is 4.37 Å². The Bertz CT molecular complexity index is 1020. The van der Waals surface area contributed by atoms with E-state index in [0.29, 0.717) is 32.1 Å². The summed E-state index contributed by atoms with van der Waals surface area (Å²) >= 11 is 2.79. The molecule has 0 radical (unpaired) electrons. The van der Waals surface area contributed by atoms with Crippen molar-refractivity contribution in [2.24, 2.45) is 0 Å². The summed E-state index contributed by atoms with van der Waals surface area (Å²) in [6, 6.07) is 11.6. The van der Waals surface area contributed by atoms with Gasteiger partial charge in [-0.15, -0.1) is 16.1 Å². The smallest absolute Gasteiger partial charge is 0.322 e. The van der Waals surface area contributed by atoms with Crippen molar-refractivity contribution in [3.63, 3.8) is 0 Å². The van der Waals surface area contributed by atoms with Crippen molar-refractivity contribution in [3.05, 3.63) is 54.4 Å². The molecule has 1 N–H and O–H groups in total. The Morgan fingerprint density at radius 3 is 2.87 bits per heavy atom. The summed E-state index contributed by atoms with van der Waals surface area (Å²) in [7, 11) is 0. The first-order chi connectivity index (χ1) is 15.1. The lowest BCUT2D eigenvalue weighted by Gasteiger charge is -2.39. The van der Waals surface area contributed by atoms with Gasteiger partial charge in [0.25, 0.3) is 5.88 Å². The van der Waals surface area contributed by atoms with Crippen LogP contribution in [0.3, 0.4) is 0 Å². The van der Waals surface area contributed by atoms with E-state index < -0.39 is 0 Å². The molecule has 4 rings (SSSR count). The molecule has 2 amide bonds. The molecule has 1 aromatic carbocycles. The van der Waals surface area contributed by atoms with Crippen LogP contribution in [-0.4, -0.2) is 56.6 Å². The summed E-state index contributed by atoms with van der Waals surface area (Å²) in [6.45, 7) is 4.38. The summed E-state index contributed by atoms with van der Waals surface area (Å²) in [4.78, 5) is 22.0. The van der Waals surface area contributed by atoms with Crippen LogP contribution in [0.5, 0.6) is 5.88 Å². The molecule has 10 heteroatoms. The van der Waals surface area contributed by atoms with Gasteiger partial charge < -0.3 is 19.9 Å². The zero-order valence-corrected chi connectivity index (χ0v) is 19.0. The molecular formula is C21H24N6O2S2. The largest absolute Gasteiger partial charge is 0.470 e. The Kier molecular flexibility index (Phi) is 6.88. The number of nitrogens with zero attached hydrogens (tertiary/aromatic N) is 5. The minimum atomic E-state index is -0.0871. The maximum Gasteiger partial charge on any atom is 0.322 e. The number of urea groups is 1. The highest BCUT2D eigenvalue weighted by atomic mass is 32.2. The number of benzene rings is 1. The Hall–Kier alpha value is -2.85. The number of piperazine rings is 1. The van der Waals surface area contributed by atoms with Crippen molar-refractivity contribution in [1.29, 1.82) is 0 Å². The van der Waals surface area contributed by atoms with Crippen LogP contribution < -0.4 is 15.0 Å². The highest BCUT2D eigenvalue weighted by Crippen LogP contribution is 2.29. The standard InChI is InChI=1S/C21H24N6O2S2/c1-15-13-26(19-20(25-31-24-19)29-14-16-6-8-22-9-7-16)10-11-27(15)21(28)23-17-4-3-5-18(12-17)30-2/h3-9,12,15H,10-11,13-14H2,1-2H3,(H,23,28). The lowest BCUT2D eigenvalue weighted by Crippen LogP contribution is -2.55. The van der Waals surface area contributed by atoms with Gasteiger partial charge in [0.2, 0.25) is 5.82 Å². The van der Waals surface area contributed by atoms with Crippen LogP contribution in [0.1, 0.15) is 12.5 Å². The average molecular weight is 457 g/mol. The van der Waals surface area contributed by atoms with E-state index in [9.17, 15) is 4.79 Å². The maximum absolute atomic E-state index is 12.8. The van der Waals surface area contributed by atoms with E-state index in [1.54, 1.807) is 24.2 Å². The van der Waals surface area contributed by atoms with Crippen molar-refractivity contribution in [3.8, 4) is 5.88 Å². The fraction of sp³-hybridized carbons (Fsp3) is 0.333. The summed E-state index contributed by atoms with van der Waals surface area (Å²) in [5.74, 6) is 1.26. The van der Waals surface area contributed by atoms with Crippen molar-refractivity contribution in [1.82, 2.24) is 18.6 Å². The third-order valence-electron chi connectivity index (χ3n) is 5.08. The third-order valence-corrected chi connectivity index (χ3v) is 6.30. The number of hydrogen-bond donors (Lipinski definition) is 1. The Labute approximate surface area is 190 Å². The first kappa shape index (κ1) is 21.4. The lowest BCUT2D eigenvalue weighted by molar-refractivity contribution is 0.184. The molecule has 31 heavy (non-hydrogen) atoms. The molecular weight excluding hydrogens is 432 g/mol. The molecule has 0 aliphatic carbocycles. The van der Waals surface area contributed by atoms with Crippen LogP contribution >= 0.6 is 23.5 Å². The van der Waals surface area contributed by atoms with E-state index in [4.69, 9.17) is 4.74 Å². The summed E-state index contributed by atoms with van der Waals surface area (Å²) in [5, 5.41) is 3.02. The molecule has 1 fully saturated rings. The van der Waals surface area contributed by atoms with Gasteiger partial charge in [-0.05, 0) is 49.1 Å². The second kappa shape index (κ2) is 9.97. The SMILES string of the molecule is CSc1cccc(NC(=O)N2CCN(c3nsnc3OCc3ccncc3)CC2C)c1. The van der Waals surface area contributed by atoms with Crippen LogP contribution in [0.15, 0.2) is 53.7 Å². The molecule has 1 saturated heterocycles. The quantitative estimate of drug-likeness (QED) is 0.562. The molecule has 3 aromatic rings. The van der Waals surface area contributed by atoms with Gasteiger partial charge in [-0.25, -0.2) is 4.79 Å². The van der Waals surface area contributed by atoms with Crippen LogP contribution in [0.25, 0.3) is 0 Å². The van der Waals surface area contributed by atoms with Gasteiger partial charge in [-0.3, -0.25) is 4.98 Å². The van der Waals surface area contributed by atoms with Gasteiger partial charge in [-0.1, -0.05) is 6.07 Å². The van der Waals surface area contributed by atoms with E-state index in [0.717, 1.165) is 33.7 Å². The van der Waals surface area contributed by atoms with Crippen molar-refractivity contribution in [2.75, 3.05) is 36.1 Å². The normalized spacial score (nSPS) is 16.3. The number of ether oxygens (including phenoxy) is 1. The number of aromatic nitrogens is 3. The molecule has 2 aromatic heterocycles. The van der Waals surface area contributed by atoms with Crippen LogP contribution in [0.4, 0.5) is 16.3 Å². The highest BCUT2D eigenvalue weighted by molar-refractivity contribution is 7.98. The van der Waals surface area contributed by atoms with E-state index in [1.165, 1.54) is 0 Å². The fourth-order valence-electron chi connectivity index (χ4n) is 3.44. The first-order valence-electron chi connectivity index (χ1n) is 9.95. The van der Waals surface area contributed by atoms with Gasteiger partial charge in [0.1, 0.15) is 6.61 Å². The number of amides is 2. The minimum absolute atomic E-state index is 0.0206. The van der Waals surface area contributed by atoms with Crippen LogP contribution in [0, 0.1) is 0 Å². The summed E-state index contributed by atoms with van der Waals surface area (Å²) in [5.41, 5.74) is 1.83. The summed E-state index contributed by atoms with van der Waals surface area (Å²) in [6.07, 6.45) is 5.50. The molecule has 0 spiro atoms. The van der Waals surface area contributed by atoms with Crippen LogP contribution in [0.2, 0.25) is 0 Å². The second-order valence-electron chi connectivity index (χ2n) is 7.19. The van der Waals surface area contributed by atoms with Crippen molar-refractivity contribution < 1.29 is 9.53 Å². The molecule has 3 heterocycles. The topological polar surface area (TPSA) is 83.5 Å². The molecule has 0 bridgehead atoms. The lowest BCUT2D eigenvalue weighted by atomic mass is 10.2. The molecule has 8 nitrogen and oxygen atoms in total. The molecule has 1 aliphatic rings. The Morgan fingerprint density at radius 2 is 2.10 bits per heavy atom. The van der Waals surface area contributed by atoms with Gasteiger partial charge in [0.15, 0.2) is 0 Å². The van der Waals surface area contributed by atoms with Gasteiger partial charge >= 0.3 is 6.03 Å². The Balaban J connectivity index is 1.36. The highest BCUT2D eigenvalue weighted by Gasteiger charge is 2.30. The van der Waals surface area contributed by atoms with E-state index in [1.807, 2.05) is 54.5 Å². The van der Waals surface area contributed by atoms with E-state index >= 15 is 0 Å². The van der Waals surface area contributed by atoms with Gasteiger partial charge in [0.05, 0.1) is 11.7 Å². The predicted octanol–water partition coefficient (Wildman–Crippen LogP) is 3.98. The Morgan fingerprint density at radius 1 is 1.26 bits per heavy atom.